The van der Waals surface area contributed by atoms with E-state index in [9.17, 15) is 4.79 Å². The van der Waals surface area contributed by atoms with Gasteiger partial charge in [-0.25, -0.2) is 0 Å². The summed E-state index contributed by atoms with van der Waals surface area (Å²) in [5.74, 6) is -0.956. The van der Waals surface area contributed by atoms with Crippen molar-refractivity contribution in [3.05, 3.63) is 98.4 Å². The molecule has 3 rings (SSSR count). The molecule has 10 heteroatoms. The van der Waals surface area contributed by atoms with E-state index in [1.165, 1.54) is 0 Å². The van der Waals surface area contributed by atoms with Crippen LogP contribution in [0, 0.1) is 6.92 Å². The van der Waals surface area contributed by atoms with Crippen molar-refractivity contribution >= 4 is 95.6 Å². The van der Waals surface area contributed by atoms with Gasteiger partial charge in [0.1, 0.15) is 6.17 Å². The molecule has 0 saturated heterocycles. The average Bonchev–Trinajstić information content (AvgIpc) is 2.77. The first-order chi connectivity index (χ1) is 16.1. The molecule has 0 aliphatic rings. The van der Waals surface area contributed by atoms with Gasteiger partial charge >= 0.3 is 0 Å². The first-order valence-corrected chi connectivity index (χ1v) is 13.2. The fourth-order valence-electron chi connectivity index (χ4n) is 3.31. The largest absolute Gasteiger partial charge is 0.339 e. The van der Waals surface area contributed by atoms with Crippen LogP contribution in [0.1, 0.15) is 22.6 Å². The minimum atomic E-state index is -1.89. The minimum absolute atomic E-state index is 0.165. The number of aryl methyl sites for hydroxylation is 1. The van der Waals surface area contributed by atoms with Gasteiger partial charge in [-0.3, -0.25) is 4.79 Å². The lowest BCUT2D eigenvalue weighted by atomic mass is 9.90. The van der Waals surface area contributed by atoms with Gasteiger partial charge in [-0.2, -0.15) is 0 Å². The molecule has 0 fully saturated rings. The number of anilines is 1. The molecule has 0 spiro atoms. The van der Waals surface area contributed by atoms with Crippen molar-refractivity contribution in [3.8, 4) is 0 Å². The molecule has 0 bridgehead atoms. The van der Waals surface area contributed by atoms with Crippen LogP contribution in [0.25, 0.3) is 0 Å². The minimum Gasteiger partial charge on any atom is -0.339 e. The summed E-state index contributed by atoms with van der Waals surface area (Å²) < 4.78 is -0.293. The number of halogens is 5. The molecule has 0 saturated carbocycles. The number of benzene rings is 3. The van der Waals surface area contributed by atoms with Crippen molar-refractivity contribution in [2.75, 3.05) is 5.32 Å². The monoisotopic (exact) mass is 661 g/mol. The van der Waals surface area contributed by atoms with Gasteiger partial charge in [0.25, 0.3) is 0 Å². The summed E-state index contributed by atoms with van der Waals surface area (Å²) in [4.78, 5) is 13.5. The normalized spacial score (nSPS) is 12.2. The smallest absolute Gasteiger partial charge is 0.233 e. The van der Waals surface area contributed by atoms with Gasteiger partial charge in [0.05, 0.1) is 11.6 Å². The lowest BCUT2D eigenvalue weighted by molar-refractivity contribution is -0.122. The second kappa shape index (κ2) is 12.1. The summed E-state index contributed by atoms with van der Waals surface area (Å²) in [5, 5.41) is 8.96. The second-order valence-corrected chi connectivity index (χ2v) is 11.9. The Balaban J connectivity index is 1.83. The van der Waals surface area contributed by atoms with Gasteiger partial charge in [0.15, 0.2) is 5.11 Å². The predicted molar refractivity (Wildman–Crippen MR) is 153 cm³/mol. The fourth-order valence-corrected chi connectivity index (χ4v) is 5.47. The number of amides is 1. The highest BCUT2D eigenvalue weighted by molar-refractivity contribution is 9.11. The summed E-state index contributed by atoms with van der Waals surface area (Å²) in [6.07, 6.45) is -1.11. The lowest BCUT2D eigenvalue weighted by Crippen LogP contribution is -2.57. The molecule has 0 unspecified atom stereocenters. The summed E-state index contributed by atoms with van der Waals surface area (Å²) in [6.45, 7) is 1.97. The number of carbonyl (C=O) groups is 1. The van der Waals surface area contributed by atoms with Crippen molar-refractivity contribution in [3.63, 3.8) is 0 Å². The van der Waals surface area contributed by atoms with E-state index >= 15 is 0 Å². The van der Waals surface area contributed by atoms with Crippen LogP contribution < -0.4 is 16.0 Å². The van der Waals surface area contributed by atoms with E-state index in [-0.39, 0.29) is 11.0 Å². The third kappa shape index (κ3) is 7.33. The molecule has 0 radical (unpaired) electrons. The van der Waals surface area contributed by atoms with Crippen LogP contribution in [0.3, 0.4) is 0 Å². The van der Waals surface area contributed by atoms with Crippen molar-refractivity contribution < 1.29 is 4.79 Å². The molecule has 3 N–H and O–H groups in total. The quantitative estimate of drug-likeness (QED) is 0.146. The first-order valence-electron chi connectivity index (χ1n) is 10.1. The average molecular weight is 665 g/mol. The molecule has 4 nitrogen and oxygen atoms in total. The van der Waals surface area contributed by atoms with Crippen molar-refractivity contribution in [1.82, 2.24) is 10.6 Å². The predicted octanol–water partition coefficient (Wildman–Crippen LogP) is 7.45. The zero-order valence-corrected chi connectivity index (χ0v) is 24.0. The van der Waals surface area contributed by atoms with Crippen LogP contribution in [0.2, 0.25) is 0 Å². The maximum absolute atomic E-state index is 13.5. The summed E-state index contributed by atoms with van der Waals surface area (Å²) in [5.41, 5.74) is 3.37. The Bertz CT molecular complexity index is 1100. The molecule has 1 atom stereocenters. The Kier molecular flexibility index (Phi) is 9.66. The standard InChI is InChI=1S/C24H20Br2Cl3N3OS/c1-14-12-17(25)20(18(26)13-14)30-23(34)32-22(24(27,28)29)31-21(33)19(15-8-4-2-5-9-15)16-10-6-3-7-11-16/h2-13,19,22H,1H3,(H,31,33)(H2,30,32,34)/t22-/m1/s1. The maximum atomic E-state index is 13.5. The summed E-state index contributed by atoms with van der Waals surface area (Å²) in [7, 11) is 0. The van der Waals surface area contributed by atoms with E-state index in [2.05, 4.69) is 47.8 Å². The molecule has 34 heavy (non-hydrogen) atoms. The molecule has 0 aliphatic carbocycles. The Hall–Kier alpha value is -1.35. The Morgan fingerprint density at radius 1 is 0.882 bits per heavy atom. The molecule has 0 aliphatic heterocycles. The summed E-state index contributed by atoms with van der Waals surface area (Å²) >= 11 is 31.1. The van der Waals surface area contributed by atoms with Crippen LogP contribution in [0.5, 0.6) is 0 Å². The number of carbonyl (C=O) groups excluding carboxylic acids is 1. The molecule has 3 aromatic carbocycles. The van der Waals surface area contributed by atoms with E-state index in [1.807, 2.05) is 79.7 Å². The van der Waals surface area contributed by atoms with E-state index < -0.39 is 15.9 Å². The van der Waals surface area contributed by atoms with Crippen LogP contribution in [0.15, 0.2) is 81.7 Å². The van der Waals surface area contributed by atoms with Gasteiger partial charge in [-0.15, -0.1) is 0 Å². The van der Waals surface area contributed by atoms with Crippen molar-refractivity contribution in [2.24, 2.45) is 0 Å². The highest BCUT2D eigenvalue weighted by atomic mass is 79.9. The number of thiocarbonyl (C=S) groups is 1. The van der Waals surface area contributed by atoms with Crippen LogP contribution in [0.4, 0.5) is 5.69 Å². The highest BCUT2D eigenvalue weighted by Crippen LogP contribution is 2.33. The number of rotatable bonds is 6. The molecular weight excluding hydrogens is 645 g/mol. The summed E-state index contributed by atoms with van der Waals surface area (Å²) in [6, 6.07) is 22.7. The topological polar surface area (TPSA) is 53.2 Å². The third-order valence-electron chi connectivity index (χ3n) is 4.84. The van der Waals surface area contributed by atoms with Crippen molar-refractivity contribution in [2.45, 2.75) is 22.8 Å². The lowest BCUT2D eigenvalue weighted by Gasteiger charge is -2.30. The van der Waals surface area contributed by atoms with Gasteiger partial charge in [0.2, 0.25) is 9.70 Å². The molecule has 1 amide bonds. The number of hydrogen-bond acceptors (Lipinski definition) is 2. The van der Waals surface area contributed by atoms with E-state index in [0.717, 1.165) is 25.6 Å². The zero-order valence-electron chi connectivity index (χ0n) is 17.8. The number of hydrogen-bond donors (Lipinski definition) is 3. The van der Waals surface area contributed by atoms with Gasteiger partial charge in [-0.1, -0.05) is 95.5 Å². The molecular formula is C24H20Br2Cl3N3OS. The van der Waals surface area contributed by atoms with Crippen LogP contribution in [-0.2, 0) is 4.79 Å². The highest BCUT2D eigenvalue weighted by Gasteiger charge is 2.36. The molecule has 3 aromatic rings. The maximum Gasteiger partial charge on any atom is 0.233 e. The SMILES string of the molecule is Cc1cc(Br)c(NC(=S)N[C@@H](NC(=O)C(c2ccccc2)c2ccccc2)C(Cl)(Cl)Cl)c(Br)c1. The molecule has 178 valence electrons. The number of nitrogens with one attached hydrogen (secondary N) is 3. The first kappa shape index (κ1) is 27.2. The Morgan fingerprint density at radius 3 is 1.79 bits per heavy atom. The van der Waals surface area contributed by atoms with Gasteiger partial charge < -0.3 is 16.0 Å². The molecule has 0 heterocycles. The van der Waals surface area contributed by atoms with Crippen LogP contribution >= 0.6 is 78.9 Å². The fraction of sp³-hybridized carbons (Fsp3) is 0.167. The van der Waals surface area contributed by atoms with E-state index in [0.29, 0.717) is 5.69 Å². The van der Waals surface area contributed by atoms with E-state index in [4.69, 9.17) is 47.0 Å². The van der Waals surface area contributed by atoms with Gasteiger partial charge in [-0.05, 0) is 79.8 Å². The van der Waals surface area contributed by atoms with Gasteiger partial charge in [0, 0.05) is 8.95 Å². The van der Waals surface area contributed by atoms with Crippen LogP contribution in [-0.4, -0.2) is 21.0 Å². The van der Waals surface area contributed by atoms with Crippen molar-refractivity contribution in [1.29, 1.82) is 0 Å². The Labute approximate surface area is 236 Å². The molecule has 0 aromatic heterocycles. The third-order valence-corrected chi connectivity index (χ3v) is 6.97. The second-order valence-electron chi connectivity index (χ2n) is 7.44. The number of alkyl halides is 3. The Morgan fingerprint density at radius 2 is 1.35 bits per heavy atom. The van der Waals surface area contributed by atoms with E-state index in [1.54, 1.807) is 0 Å². The zero-order chi connectivity index (χ0) is 24.9.